The van der Waals surface area contributed by atoms with E-state index in [4.69, 9.17) is 4.98 Å². The molecule has 3 aliphatic rings. The molecule has 2 fully saturated rings. The maximum Gasteiger partial charge on any atom is 0.254 e. The standard InChI is InChI=1S/C31H39N5O/c1-20-17-26(23-5-4-6-23)27(30-33-28-13-14-35(3)19-29(28)34-30)18-25(20)31(37)36-15-11-22(12-16-36)21-7-9-24(32-2)10-8-21/h7-10,17-18,22-23,32H,4-6,11-16,19H2,1-3H3,(H,33,34). The van der Waals surface area contributed by atoms with Crippen LogP contribution in [-0.4, -0.2) is 59.4 Å². The third kappa shape index (κ3) is 4.68. The van der Waals surface area contributed by atoms with Crippen molar-refractivity contribution in [3.63, 3.8) is 0 Å². The van der Waals surface area contributed by atoms with Crippen molar-refractivity contribution in [1.82, 2.24) is 19.8 Å². The molecule has 194 valence electrons. The first-order valence-electron chi connectivity index (χ1n) is 14.0. The quantitative estimate of drug-likeness (QED) is 0.475. The summed E-state index contributed by atoms with van der Waals surface area (Å²) >= 11 is 0. The van der Waals surface area contributed by atoms with E-state index in [1.165, 1.54) is 41.8 Å². The molecule has 3 aromatic rings. The molecular weight excluding hydrogens is 458 g/mol. The van der Waals surface area contributed by atoms with Crippen molar-refractivity contribution in [2.45, 2.75) is 63.8 Å². The number of amides is 1. The topological polar surface area (TPSA) is 64.3 Å². The number of aromatic nitrogens is 2. The van der Waals surface area contributed by atoms with Crippen LogP contribution in [0.25, 0.3) is 11.4 Å². The molecule has 1 amide bonds. The minimum atomic E-state index is 0.166. The third-order valence-corrected chi connectivity index (χ3v) is 8.90. The molecular formula is C31H39N5O. The number of nitrogens with one attached hydrogen (secondary N) is 2. The van der Waals surface area contributed by atoms with Gasteiger partial charge in [0.25, 0.3) is 5.91 Å². The Morgan fingerprint density at radius 3 is 2.46 bits per heavy atom. The van der Waals surface area contributed by atoms with Crippen LogP contribution in [-0.2, 0) is 13.0 Å². The zero-order valence-electron chi connectivity index (χ0n) is 22.4. The van der Waals surface area contributed by atoms with Gasteiger partial charge in [0.15, 0.2) is 0 Å². The van der Waals surface area contributed by atoms with Gasteiger partial charge < -0.3 is 20.1 Å². The molecule has 0 spiro atoms. The molecule has 2 aromatic carbocycles. The Labute approximate surface area is 220 Å². The van der Waals surface area contributed by atoms with E-state index in [9.17, 15) is 4.79 Å². The number of aromatic amines is 1. The van der Waals surface area contributed by atoms with Gasteiger partial charge in [-0.2, -0.15) is 0 Å². The molecule has 6 rings (SSSR count). The lowest BCUT2D eigenvalue weighted by Crippen LogP contribution is -2.38. The second kappa shape index (κ2) is 9.97. The number of aryl methyl sites for hydroxylation is 1. The van der Waals surface area contributed by atoms with Crippen molar-refractivity contribution >= 4 is 11.6 Å². The van der Waals surface area contributed by atoms with E-state index >= 15 is 0 Å². The average molecular weight is 498 g/mol. The lowest BCUT2D eigenvalue weighted by atomic mass is 9.77. The first-order valence-corrected chi connectivity index (χ1v) is 14.0. The SMILES string of the molecule is CNc1ccc(C2CCN(C(=O)c3cc(-c4nc5c([nH]4)CN(C)CC5)c(C4CCC4)cc3C)CC2)cc1. The Bertz CT molecular complexity index is 1280. The molecule has 1 aromatic heterocycles. The van der Waals surface area contributed by atoms with Gasteiger partial charge in [-0.15, -0.1) is 0 Å². The van der Waals surface area contributed by atoms with Crippen LogP contribution in [0.5, 0.6) is 0 Å². The van der Waals surface area contributed by atoms with Crippen molar-refractivity contribution in [3.8, 4) is 11.4 Å². The van der Waals surface area contributed by atoms with Gasteiger partial charge in [0, 0.05) is 56.5 Å². The number of likely N-dealkylation sites (N-methyl/N-ethyl adjacent to an activating group) is 1. The molecule has 37 heavy (non-hydrogen) atoms. The predicted molar refractivity (Wildman–Crippen MR) is 149 cm³/mol. The van der Waals surface area contributed by atoms with Crippen LogP contribution in [0.3, 0.4) is 0 Å². The van der Waals surface area contributed by atoms with Gasteiger partial charge in [-0.25, -0.2) is 4.98 Å². The molecule has 1 saturated carbocycles. The highest BCUT2D eigenvalue weighted by Gasteiger charge is 2.30. The van der Waals surface area contributed by atoms with E-state index in [1.807, 2.05) is 7.05 Å². The number of imidazole rings is 1. The van der Waals surface area contributed by atoms with Crippen LogP contribution in [0.2, 0.25) is 0 Å². The number of piperidine rings is 1. The first kappa shape index (κ1) is 24.2. The van der Waals surface area contributed by atoms with E-state index < -0.39 is 0 Å². The van der Waals surface area contributed by atoms with Crippen molar-refractivity contribution < 1.29 is 4.79 Å². The molecule has 2 aliphatic heterocycles. The maximum absolute atomic E-state index is 13.8. The van der Waals surface area contributed by atoms with Gasteiger partial charge in [0.1, 0.15) is 5.82 Å². The van der Waals surface area contributed by atoms with E-state index in [0.29, 0.717) is 11.8 Å². The predicted octanol–water partition coefficient (Wildman–Crippen LogP) is 5.70. The summed E-state index contributed by atoms with van der Waals surface area (Å²) in [7, 11) is 4.11. The Morgan fingerprint density at radius 1 is 1.03 bits per heavy atom. The molecule has 6 nitrogen and oxygen atoms in total. The lowest BCUT2D eigenvalue weighted by Gasteiger charge is -2.33. The summed E-state index contributed by atoms with van der Waals surface area (Å²) in [6.07, 6.45) is 6.74. The monoisotopic (exact) mass is 497 g/mol. The summed E-state index contributed by atoms with van der Waals surface area (Å²) < 4.78 is 0. The Hall–Kier alpha value is -3.12. The van der Waals surface area contributed by atoms with Crippen LogP contribution in [0.4, 0.5) is 5.69 Å². The number of hydrogen-bond donors (Lipinski definition) is 2. The molecule has 0 bridgehead atoms. The molecule has 6 heteroatoms. The molecule has 3 heterocycles. The number of anilines is 1. The van der Waals surface area contributed by atoms with E-state index in [2.05, 4.69) is 70.5 Å². The van der Waals surface area contributed by atoms with Crippen molar-refractivity contribution in [2.75, 3.05) is 39.0 Å². The normalized spacial score (nSPS) is 18.9. The molecule has 0 atom stereocenters. The minimum Gasteiger partial charge on any atom is -0.388 e. The summed E-state index contributed by atoms with van der Waals surface area (Å²) in [5, 5.41) is 3.19. The van der Waals surface area contributed by atoms with E-state index in [-0.39, 0.29) is 5.91 Å². The van der Waals surface area contributed by atoms with Gasteiger partial charge in [-0.05, 0) is 86.4 Å². The van der Waals surface area contributed by atoms with Gasteiger partial charge >= 0.3 is 0 Å². The lowest BCUT2D eigenvalue weighted by molar-refractivity contribution is 0.0712. The van der Waals surface area contributed by atoms with Gasteiger partial charge in [-0.3, -0.25) is 4.79 Å². The largest absolute Gasteiger partial charge is 0.388 e. The Kier molecular flexibility index (Phi) is 6.53. The Balaban J connectivity index is 1.25. The maximum atomic E-state index is 13.8. The van der Waals surface area contributed by atoms with Gasteiger partial charge in [0.05, 0.1) is 11.4 Å². The van der Waals surface area contributed by atoms with Crippen LogP contribution < -0.4 is 5.32 Å². The minimum absolute atomic E-state index is 0.166. The van der Waals surface area contributed by atoms with Gasteiger partial charge in [-0.1, -0.05) is 24.6 Å². The van der Waals surface area contributed by atoms with Crippen LogP contribution in [0.1, 0.15) is 82.4 Å². The second-order valence-corrected chi connectivity index (χ2v) is 11.3. The zero-order chi connectivity index (χ0) is 25.5. The van der Waals surface area contributed by atoms with E-state index in [1.54, 1.807) is 0 Å². The molecule has 0 radical (unpaired) electrons. The highest BCUT2D eigenvalue weighted by atomic mass is 16.2. The van der Waals surface area contributed by atoms with Crippen molar-refractivity contribution in [3.05, 3.63) is 70.0 Å². The molecule has 1 aliphatic carbocycles. The number of fused-ring (bicyclic) bond motifs is 1. The number of nitrogens with zero attached hydrogens (tertiary/aromatic N) is 3. The van der Waals surface area contributed by atoms with Crippen LogP contribution >= 0.6 is 0 Å². The Morgan fingerprint density at radius 2 is 1.78 bits per heavy atom. The summed E-state index contributed by atoms with van der Waals surface area (Å²) in [4.78, 5) is 26.9. The number of likely N-dealkylation sites (tertiary alicyclic amines) is 1. The first-order chi connectivity index (χ1) is 18.0. The molecule has 2 N–H and O–H groups in total. The number of rotatable bonds is 5. The molecule has 0 unspecified atom stereocenters. The highest BCUT2D eigenvalue weighted by molar-refractivity contribution is 5.97. The summed E-state index contributed by atoms with van der Waals surface area (Å²) in [6.45, 7) is 5.67. The summed E-state index contributed by atoms with van der Waals surface area (Å²) in [5.41, 5.74) is 9.35. The average Bonchev–Trinajstić information content (AvgIpc) is 3.30. The highest BCUT2D eigenvalue weighted by Crippen LogP contribution is 2.42. The summed E-state index contributed by atoms with van der Waals surface area (Å²) in [6, 6.07) is 13.2. The second-order valence-electron chi connectivity index (χ2n) is 11.3. The van der Waals surface area contributed by atoms with Crippen molar-refractivity contribution in [1.29, 1.82) is 0 Å². The number of H-pyrrole nitrogens is 1. The van der Waals surface area contributed by atoms with Crippen LogP contribution in [0.15, 0.2) is 36.4 Å². The number of carbonyl (C=O) groups is 1. The number of carbonyl (C=O) groups excluding carboxylic acids is 1. The fraction of sp³-hybridized carbons (Fsp3) is 0.484. The fourth-order valence-electron chi connectivity index (χ4n) is 6.29. The number of hydrogen-bond acceptors (Lipinski definition) is 4. The zero-order valence-corrected chi connectivity index (χ0v) is 22.4. The fourth-order valence-corrected chi connectivity index (χ4v) is 6.29. The van der Waals surface area contributed by atoms with E-state index in [0.717, 1.165) is 73.6 Å². The van der Waals surface area contributed by atoms with Crippen LogP contribution in [0, 0.1) is 6.92 Å². The smallest absolute Gasteiger partial charge is 0.254 e. The molecule has 1 saturated heterocycles. The van der Waals surface area contributed by atoms with Gasteiger partial charge in [0.2, 0.25) is 0 Å². The summed E-state index contributed by atoms with van der Waals surface area (Å²) in [5.74, 6) is 2.20. The number of benzene rings is 2. The van der Waals surface area contributed by atoms with Crippen molar-refractivity contribution in [2.24, 2.45) is 0 Å². The third-order valence-electron chi connectivity index (χ3n) is 8.90.